The van der Waals surface area contributed by atoms with E-state index in [1.165, 1.54) is 24.0 Å². The van der Waals surface area contributed by atoms with Crippen molar-refractivity contribution in [2.45, 2.75) is 51.6 Å². The van der Waals surface area contributed by atoms with Crippen molar-refractivity contribution in [1.82, 2.24) is 5.32 Å². The van der Waals surface area contributed by atoms with Crippen molar-refractivity contribution < 1.29 is 14.3 Å². The molecule has 4 nitrogen and oxygen atoms in total. The van der Waals surface area contributed by atoms with Crippen LogP contribution in [0.25, 0.3) is 10.1 Å². The molecule has 4 saturated carbocycles. The Hall–Kier alpha value is -1.88. The molecule has 0 unspecified atom stereocenters. The maximum atomic E-state index is 12.9. The van der Waals surface area contributed by atoms with Crippen LogP contribution in [-0.4, -0.2) is 18.4 Å². The molecule has 0 atom stereocenters. The predicted molar refractivity (Wildman–Crippen MR) is 110 cm³/mol. The van der Waals surface area contributed by atoms with Gasteiger partial charge in [0.05, 0.1) is 6.42 Å². The van der Waals surface area contributed by atoms with Crippen LogP contribution >= 0.6 is 11.3 Å². The minimum absolute atomic E-state index is 0.145. The minimum atomic E-state index is -0.249. The normalized spacial score (nSPS) is 30.5. The Morgan fingerprint density at radius 1 is 1.07 bits per heavy atom. The molecule has 148 valence electrons. The summed E-state index contributed by atoms with van der Waals surface area (Å²) >= 11 is 1.67. The number of amides is 1. The SMILES string of the molecule is O=C(CCNC(=O)C12CC3CC(CC(C3)C1)C2)OCc1csc2ccccc12. The number of thiophene rings is 1. The molecule has 4 bridgehead atoms. The summed E-state index contributed by atoms with van der Waals surface area (Å²) in [6.07, 6.45) is 7.39. The van der Waals surface area contributed by atoms with Crippen LogP contribution in [0.3, 0.4) is 0 Å². The summed E-state index contributed by atoms with van der Waals surface area (Å²) in [6.45, 7) is 0.676. The van der Waals surface area contributed by atoms with Gasteiger partial charge in [0.15, 0.2) is 0 Å². The Morgan fingerprint density at radius 2 is 1.75 bits per heavy atom. The summed E-state index contributed by atoms with van der Waals surface area (Å²) in [5, 5.41) is 6.25. The number of fused-ring (bicyclic) bond motifs is 1. The van der Waals surface area contributed by atoms with E-state index < -0.39 is 0 Å². The summed E-state index contributed by atoms with van der Waals surface area (Å²) in [6, 6.07) is 8.15. The van der Waals surface area contributed by atoms with Crippen molar-refractivity contribution in [3.63, 3.8) is 0 Å². The Balaban J connectivity index is 1.10. The van der Waals surface area contributed by atoms with Crippen LogP contribution in [-0.2, 0) is 20.9 Å². The molecule has 1 aromatic heterocycles. The second kappa shape index (κ2) is 7.18. The van der Waals surface area contributed by atoms with E-state index in [0.29, 0.717) is 13.2 Å². The molecule has 4 aliphatic rings. The minimum Gasteiger partial charge on any atom is -0.461 e. The zero-order valence-electron chi connectivity index (χ0n) is 16.1. The molecule has 1 heterocycles. The monoisotopic (exact) mass is 397 g/mol. The molecule has 1 aromatic carbocycles. The third-order valence-corrected chi connectivity index (χ3v) is 8.10. The van der Waals surface area contributed by atoms with Crippen LogP contribution in [0.15, 0.2) is 29.6 Å². The molecule has 1 N–H and O–H groups in total. The highest BCUT2D eigenvalue weighted by molar-refractivity contribution is 7.17. The van der Waals surface area contributed by atoms with Crippen molar-refractivity contribution in [1.29, 1.82) is 0 Å². The van der Waals surface area contributed by atoms with Gasteiger partial charge in [-0.25, -0.2) is 0 Å². The van der Waals surface area contributed by atoms with Crippen LogP contribution in [0.1, 0.15) is 50.5 Å². The number of esters is 1. The smallest absolute Gasteiger partial charge is 0.307 e. The average molecular weight is 398 g/mol. The molecule has 0 spiro atoms. The number of rotatable bonds is 6. The fourth-order valence-corrected chi connectivity index (χ4v) is 7.18. The van der Waals surface area contributed by atoms with Crippen LogP contribution in [0, 0.1) is 23.2 Å². The summed E-state index contributed by atoms with van der Waals surface area (Å²) in [7, 11) is 0. The van der Waals surface area contributed by atoms with Crippen molar-refractivity contribution in [3.8, 4) is 0 Å². The molecule has 1 amide bonds. The van der Waals surface area contributed by atoms with Crippen molar-refractivity contribution >= 4 is 33.3 Å². The lowest BCUT2D eigenvalue weighted by molar-refractivity contribution is -0.147. The van der Waals surface area contributed by atoms with E-state index in [1.54, 1.807) is 11.3 Å². The molecule has 0 saturated heterocycles. The van der Waals surface area contributed by atoms with Gasteiger partial charge < -0.3 is 10.1 Å². The summed E-state index contributed by atoms with van der Waals surface area (Å²) in [5.41, 5.74) is 0.903. The first-order valence-corrected chi connectivity index (χ1v) is 11.4. The Morgan fingerprint density at radius 3 is 2.46 bits per heavy atom. The Bertz CT molecular complexity index is 867. The number of benzene rings is 1. The number of carbonyl (C=O) groups is 2. The van der Waals surface area contributed by atoms with E-state index in [4.69, 9.17) is 4.74 Å². The Kier molecular flexibility index (Phi) is 4.66. The van der Waals surface area contributed by atoms with Crippen LogP contribution in [0.5, 0.6) is 0 Å². The van der Waals surface area contributed by atoms with Gasteiger partial charge in [-0.15, -0.1) is 11.3 Å². The molecule has 0 radical (unpaired) electrons. The van der Waals surface area contributed by atoms with Gasteiger partial charge in [0.25, 0.3) is 0 Å². The van der Waals surface area contributed by atoms with Gasteiger partial charge >= 0.3 is 5.97 Å². The van der Waals surface area contributed by atoms with E-state index >= 15 is 0 Å². The average Bonchev–Trinajstić information content (AvgIpc) is 3.08. The molecule has 0 aliphatic heterocycles. The van der Waals surface area contributed by atoms with Gasteiger partial charge in [-0.05, 0) is 73.1 Å². The third kappa shape index (κ3) is 3.34. The highest BCUT2D eigenvalue weighted by Gasteiger charge is 2.54. The van der Waals surface area contributed by atoms with E-state index in [2.05, 4.69) is 17.4 Å². The molecule has 5 heteroatoms. The molecule has 4 aliphatic carbocycles. The van der Waals surface area contributed by atoms with E-state index in [-0.39, 0.29) is 23.7 Å². The van der Waals surface area contributed by atoms with Crippen molar-refractivity contribution in [3.05, 3.63) is 35.2 Å². The van der Waals surface area contributed by atoms with Gasteiger partial charge in [-0.3, -0.25) is 9.59 Å². The van der Waals surface area contributed by atoms with Gasteiger partial charge in [-0.2, -0.15) is 0 Å². The van der Waals surface area contributed by atoms with Gasteiger partial charge in [0.1, 0.15) is 6.61 Å². The lowest BCUT2D eigenvalue weighted by Crippen LogP contribution is -2.53. The second-order valence-electron chi connectivity index (χ2n) is 9.12. The number of ether oxygens (including phenoxy) is 1. The first kappa shape index (κ1) is 18.2. The fourth-order valence-electron chi connectivity index (χ4n) is 6.23. The molecule has 6 rings (SSSR count). The third-order valence-electron chi connectivity index (χ3n) is 7.08. The topological polar surface area (TPSA) is 55.4 Å². The molecular formula is C23H27NO3S. The lowest BCUT2D eigenvalue weighted by Gasteiger charge is -2.55. The van der Waals surface area contributed by atoms with E-state index in [9.17, 15) is 9.59 Å². The first-order valence-electron chi connectivity index (χ1n) is 10.5. The highest BCUT2D eigenvalue weighted by Crippen LogP contribution is 2.60. The summed E-state index contributed by atoms with van der Waals surface area (Å²) in [5.74, 6) is 2.19. The second-order valence-corrected chi connectivity index (χ2v) is 10.0. The van der Waals surface area contributed by atoms with Crippen LogP contribution in [0.4, 0.5) is 0 Å². The first-order chi connectivity index (χ1) is 13.6. The summed E-state index contributed by atoms with van der Waals surface area (Å²) < 4.78 is 6.65. The largest absolute Gasteiger partial charge is 0.461 e. The number of hydrogen-bond acceptors (Lipinski definition) is 4. The maximum absolute atomic E-state index is 12.9. The van der Waals surface area contributed by atoms with Crippen molar-refractivity contribution in [2.75, 3.05) is 6.54 Å². The maximum Gasteiger partial charge on any atom is 0.307 e. The zero-order chi connectivity index (χ0) is 19.1. The quantitative estimate of drug-likeness (QED) is 0.721. The van der Waals surface area contributed by atoms with Crippen molar-refractivity contribution in [2.24, 2.45) is 23.2 Å². The summed E-state index contributed by atoms with van der Waals surface area (Å²) in [4.78, 5) is 25.0. The van der Waals surface area contributed by atoms with E-state index in [1.807, 2.05) is 17.5 Å². The van der Waals surface area contributed by atoms with Gasteiger partial charge in [0, 0.05) is 22.2 Å². The Labute approximate surface area is 169 Å². The van der Waals surface area contributed by atoms with Gasteiger partial charge in [0.2, 0.25) is 5.91 Å². The fraction of sp³-hybridized carbons (Fsp3) is 0.565. The van der Waals surface area contributed by atoms with Crippen LogP contribution in [0.2, 0.25) is 0 Å². The predicted octanol–water partition coefficient (Wildman–Crippen LogP) is 4.67. The van der Waals surface area contributed by atoms with E-state index in [0.717, 1.165) is 48.0 Å². The standard InChI is InChI=1S/C23H27NO3S/c25-21(27-13-18-14-28-20-4-2-1-3-19(18)20)5-6-24-22(26)23-10-15-7-16(11-23)9-17(8-15)12-23/h1-4,14-17H,5-13H2,(H,24,26). The van der Waals surface area contributed by atoms with Crippen LogP contribution < -0.4 is 5.32 Å². The number of nitrogens with one attached hydrogen (secondary N) is 1. The lowest BCUT2D eigenvalue weighted by atomic mass is 9.49. The molecule has 4 fully saturated rings. The number of hydrogen-bond donors (Lipinski definition) is 1. The van der Waals surface area contributed by atoms with Gasteiger partial charge in [-0.1, -0.05) is 18.2 Å². The highest BCUT2D eigenvalue weighted by atomic mass is 32.1. The molecule has 28 heavy (non-hydrogen) atoms. The number of carbonyl (C=O) groups excluding carboxylic acids is 2. The molecular weight excluding hydrogens is 370 g/mol. The molecule has 2 aromatic rings. The zero-order valence-corrected chi connectivity index (χ0v) is 16.9.